The fourth-order valence-corrected chi connectivity index (χ4v) is 2.86. The number of carbonyl (C=O) groups excluding carboxylic acids is 1. The number of carbonyl (C=O) groups is 1. The lowest BCUT2D eigenvalue weighted by atomic mass is 9.76. The molecule has 1 fully saturated rings. The fraction of sp³-hybridized carbons (Fsp3) is 0.571. The van der Waals surface area contributed by atoms with E-state index in [9.17, 15) is 14.7 Å². The zero-order valence-electron chi connectivity index (χ0n) is 11.1. The highest BCUT2D eigenvalue weighted by molar-refractivity contribution is 5.94. The number of nitrogens with one attached hydrogen (secondary N) is 2. The number of pyridine rings is 1. The van der Waals surface area contributed by atoms with E-state index in [0.717, 1.165) is 25.7 Å². The molecule has 2 atom stereocenters. The maximum atomic E-state index is 12.2. The van der Waals surface area contributed by atoms with Gasteiger partial charge in [-0.2, -0.15) is 0 Å². The number of aliphatic hydroxyl groups is 1. The normalized spacial score (nSPS) is 26.9. The largest absolute Gasteiger partial charge is 0.394 e. The monoisotopic (exact) mass is 264 g/mol. The summed E-state index contributed by atoms with van der Waals surface area (Å²) in [6.07, 6.45) is 6.49. The summed E-state index contributed by atoms with van der Waals surface area (Å²) in [6.45, 7) is 2.03. The van der Waals surface area contributed by atoms with Gasteiger partial charge < -0.3 is 15.4 Å². The van der Waals surface area contributed by atoms with E-state index in [1.54, 1.807) is 0 Å². The van der Waals surface area contributed by atoms with Crippen LogP contribution >= 0.6 is 0 Å². The molecule has 1 aliphatic rings. The lowest BCUT2D eigenvalue weighted by molar-refractivity contribution is 0.0696. The molecule has 0 aliphatic heterocycles. The minimum absolute atomic E-state index is 0.0895. The first-order valence-electron chi connectivity index (χ1n) is 6.67. The highest BCUT2D eigenvalue weighted by Crippen LogP contribution is 2.32. The van der Waals surface area contributed by atoms with Crippen molar-refractivity contribution in [2.75, 3.05) is 6.61 Å². The summed E-state index contributed by atoms with van der Waals surface area (Å²) in [5, 5.41) is 12.5. The van der Waals surface area contributed by atoms with Crippen LogP contribution in [0.15, 0.2) is 23.3 Å². The third kappa shape index (κ3) is 3.04. The molecule has 5 nitrogen and oxygen atoms in total. The van der Waals surface area contributed by atoms with Crippen molar-refractivity contribution in [1.29, 1.82) is 0 Å². The summed E-state index contributed by atoms with van der Waals surface area (Å²) in [4.78, 5) is 26.5. The number of aliphatic hydroxyl groups excluding tert-OH is 1. The zero-order valence-corrected chi connectivity index (χ0v) is 11.1. The number of hydrogen-bond acceptors (Lipinski definition) is 3. The third-order valence-electron chi connectivity index (χ3n) is 3.84. The van der Waals surface area contributed by atoms with Crippen LogP contribution in [0.4, 0.5) is 0 Å². The Hall–Kier alpha value is -1.62. The Morgan fingerprint density at radius 1 is 1.63 bits per heavy atom. The van der Waals surface area contributed by atoms with Gasteiger partial charge in [-0.25, -0.2) is 0 Å². The van der Waals surface area contributed by atoms with Crippen molar-refractivity contribution < 1.29 is 9.90 Å². The molecule has 1 saturated carbocycles. The van der Waals surface area contributed by atoms with Gasteiger partial charge in [0.15, 0.2) is 5.43 Å². The van der Waals surface area contributed by atoms with Crippen molar-refractivity contribution in [3.05, 3.63) is 34.2 Å². The van der Waals surface area contributed by atoms with Crippen LogP contribution in [-0.4, -0.2) is 28.1 Å². The van der Waals surface area contributed by atoms with Crippen molar-refractivity contribution in [1.82, 2.24) is 10.3 Å². The van der Waals surface area contributed by atoms with Crippen LogP contribution in [0.2, 0.25) is 0 Å². The van der Waals surface area contributed by atoms with Crippen LogP contribution in [0.5, 0.6) is 0 Å². The van der Waals surface area contributed by atoms with E-state index >= 15 is 0 Å². The summed E-state index contributed by atoms with van der Waals surface area (Å²) in [6, 6.07) is 1.32. The van der Waals surface area contributed by atoms with Gasteiger partial charge >= 0.3 is 0 Å². The molecular formula is C14H20N2O3. The molecule has 0 aromatic carbocycles. The van der Waals surface area contributed by atoms with Crippen molar-refractivity contribution in [2.24, 2.45) is 5.92 Å². The van der Waals surface area contributed by atoms with Crippen molar-refractivity contribution >= 4 is 5.91 Å². The average Bonchev–Trinajstić information content (AvgIpc) is 2.39. The summed E-state index contributed by atoms with van der Waals surface area (Å²) < 4.78 is 0. The zero-order chi connectivity index (χ0) is 13.9. The van der Waals surface area contributed by atoms with Gasteiger partial charge in [0.05, 0.1) is 12.1 Å². The highest BCUT2D eigenvalue weighted by atomic mass is 16.3. The lowest BCUT2D eigenvalue weighted by Gasteiger charge is -2.39. The van der Waals surface area contributed by atoms with Gasteiger partial charge in [-0.3, -0.25) is 9.59 Å². The molecule has 5 heteroatoms. The van der Waals surface area contributed by atoms with E-state index in [0.29, 0.717) is 5.92 Å². The van der Waals surface area contributed by atoms with Gasteiger partial charge in [-0.05, 0) is 18.8 Å². The van der Waals surface area contributed by atoms with E-state index in [1.165, 1.54) is 18.5 Å². The van der Waals surface area contributed by atoms with Gasteiger partial charge in [0.25, 0.3) is 5.91 Å². The second kappa shape index (κ2) is 5.57. The molecule has 1 aliphatic carbocycles. The number of hydrogen-bond donors (Lipinski definition) is 3. The average molecular weight is 264 g/mol. The Morgan fingerprint density at radius 2 is 2.42 bits per heavy atom. The molecule has 3 N–H and O–H groups in total. The van der Waals surface area contributed by atoms with Crippen LogP contribution in [0.3, 0.4) is 0 Å². The molecule has 1 aromatic heterocycles. The number of aromatic nitrogens is 1. The first kappa shape index (κ1) is 13.8. The Balaban J connectivity index is 2.17. The molecule has 1 amide bonds. The van der Waals surface area contributed by atoms with Crippen LogP contribution in [0.1, 0.15) is 43.0 Å². The predicted molar refractivity (Wildman–Crippen MR) is 72.0 cm³/mol. The molecule has 2 unspecified atom stereocenters. The van der Waals surface area contributed by atoms with Gasteiger partial charge in [0.1, 0.15) is 5.56 Å². The standard InChI is InChI=1S/C14H20N2O3/c1-10-3-2-5-14(7-10,9-17)16-13(19)11-8-15-6-4-12(11)18/h4,6,8,10,17H,2-3,5,7,9H2,1H3,(H,15,18)(H,16,19). The van der Waals surface area contributed by atoms with Crippen molar-refractivity contribution in [2.45, 2.75) is 38.1 Å². The molecule has 1 heterocycles. The van der Waals surface area contributed by atoms with Crippen molar-refractivity contribution in [3.63, 3.8) is 0 Å². The van der Waals surface area contributed by atoms with E-state index in [4.69, 9.17) is 0 Å². The van der Waals surface area contributed by atoms with Crippen LogP contribution in [0, 0.1) is 5.92 Å². The molecule has 0 saturated heterocycles. The topological polar surface area (TPSA) is 82.2 Å². The molecular weight excluding hydrogens is 244 g/mol. The maximum absolute atomic E-state index is 12.2. The smallest absolute Gasteiger partial charge is 0.257 e. The highest BCUT2D eigenvalue weighted by Gasteiger charge is 2.36. The Morgan fingerprint density at radius 3 is 3.05 bits per heavy atom. The van der Waals surface area contributed by atoms with Gasteiger partial charge in [-0.1, -0.05) is 19.8 Å². The summed E-state index contributed by atoms with van der Waals surface area (Å²) in [5.74, 6) is 0.0558. The Bertz CT molecular complexity index is 511. The van der Waals surface area contributed by atoms with Crippen LogP contribution in [-0.2, 0) is 0 Å². The Labute approximate surface area is 112 Å². The number of aromatic amines is 1. The van der Waals surface area contributed by atoms with E-state index in [1.807, 2.05) is 0 Å². The molecule has 104 valence electrons. The number of H-pyrrole nitrogens is 1. The number of amides is 1. The first-order valence-corrected chi connectivity index (χ1v) is 6.67. The van der Waals surface area contributed by atoms with Crippen molar-refractivity contribution in [3.8, 4) is 0 Å². The van der Waals surface area contributed by atoms with Crippen LogP contribution in [0.25, 0.3) is 0 Å². The molecule has 19 heavy (non-hydrogen) atoms. The quantitative estimate of drug-likeness (QED) is 0.763. The minimum Gasteiger partial charge on any atom is -0.394 e. The third-order valence-corrected chi connectivity index (χ3v) is 3.84. The summed E-state index contributed by atoms with van der Waals surface area (Å²) in [5.41, 5.74) is -0.807. The summed E-state index contributed by atoms with van der Waals surface area (Å²) in [7, 11) is 0. The van der Waals surface area contributed by atoms with Crippen LogP contribution < -0.4 is 10.7 Å². The minimum atomic E-state index is -0.586. The van der Waals surface area contributed by atoms with E-state index in [2.05, 4.69) is 17.2 Å². The second-order valence-corrected chi connectivity index (χ2v) is 5.52. The number of rotatable bonds is 3. The maximum Gasteiger partial charge on any atom is 0.257 e. The predicted octanol–water partition coefficient (Wildman–Crippen LogP) is 1.05. The molecule has 0 radical (unpaired) electrons. The van der Waals surface area contributed by atoms with Gasteiger partial charge in [0, 0.05) is 18.5 Å². The van der Waals surface area contributed by atoms with E-state index < -0.39 is 11.4 Å². The van der Waals surface area contributed by atoms with Gasteiger partial charge in [-0.15, -0.1) is 0 Å². The molecule has 0 bridgehead atoms. The van der Waals surface area contributed by atoms with E-state index in [-0.39, 0.29) is 17.6 Å². The molecule has 1 aromatic rings. The fourth-order valence-electron chi connectivity index (χ4n) is 2.86. The van der Waals surface area contributed by atoms with Gasteiger partial charge in [0.2, 0.25) is 0 Å². The Kier molecular flexibility index (Phi) is 4.04. The second-order valence-electron chi connectivity index (χ2n) is 5.52. The summed E-state index contributed by atoms with van der Waals surface area (Å²) >= 11 is 0. The molecule has 2 rings (SSSR count). The lowest BCUT2D eigenvalue weighted by Crippen LogP contribution is -2.54. The first-order chi connectivity index (χ1) is 9.06. The molecule has 0 spiro atoms. The SMILES string of the molecule is CC1CCCC(CO)(NC(=O)c2c[nH]ccc2=O)C1.